The zero-order valence-corrected chi connectivity index (χ0v) is 14.3. The third-order valence-electron chi connectivity index (χ3n) is 4.15. The van der Waals surface area contributed by atoms with Crippen molar-refractivity contribution in [3.05, 3.63) is 34.9 Å². The molecule has 0 aliphatic carbocycles. The van der Waals surface area contributed by atoms with Crippen LogP contribution in [0.3, 0.4) is 0 Å². The summed E-state index contributed by atoms with van der Waals surface area (Å²) >= 11 is 1.90. The third-order valence-corrected chi connectivity index (χ3v) is 5.39. The molecule has 21 heavy (non-hydrogen) atoms. The molecule has 0 aromatic heterocycles. The molecule has 1 fully saturated rings. The van der Waals surface area contributed by atoms with Crippen LogP contribution < -0.4 is 0 Å². The molecule has 1 aromatic rings. The van der Waals surface area contributed by atoms with Gasteiger partial charge >= 0.3 is 0 Å². The smallest absolute Gasteiger partial charge is 0.223 e. The summed E-state index contributed by atoms with van der Waals surface area (Å²) < 4.78 is 0. The fraction of sp³-hybridized carbons (Fsp3) is 0.611. The van der Waals surface area contributed by atoms with E-state index in [1.54, 1.807) is 0 Å². The second-order valence-corrected chi connectivity index (χ2v) is 7.17. The molecule has 2 rings (SSSR count). The first-order valence-corrected chi connectivity index (χ1v) is 9.16. The number of nitrogens with zero attached hydrogens (tertiary/aromatic N) is 1. The third kappa shape index (κ3) is 4.26. The van der Waals surface area contributed by atoms with Crippen molar-refractivity contribution in [2.75, 3.05) is 12.3 Å². The van der Waals surface area contributed by atoms with Gasteiger partial charge in [-0.25, -0.2) is 0 Å². The maximum absolute atomic E-state index is 12.5. The molecule has 0 bridgehead atoms. The maximum Gasteiger partial charge on any atom is 0.223 e. The van der Waals surface area contributed by atoms with E-state index >= 15 is 0 Å². The number of hydrogen-bond donors (Lipinski definition) is 0. The van der Waals surface area contributed by atoms with Crippen molar-refractivity contribution in [1.82, 2.24) is 4.90 Å². The summed E-state index contributed by atoms with van der Waals surface area (Å²) in [6, 6.07) is 6.58. The van der Waals surface area contributed by atoms with E-state index in [9.17, 15) is 4.79 Å². The van der Waals surface area contributed by atoms with Gasteiger partial charge < -0.3 is 4.90 Å². The van der Waals surface area contributed by atoms with Gasteiger partial charge in [0.05, 0.1) is 0 Å². The first kappa shape index (κ1) is 16.4. The quantitative estimate of drug-likeness (QED) is 0.700. The lowest BCUT2D eigenvalue weighted by Crippen LogP contribution is -2.30. The van der Waals surface area contributed by atoms with Crippen LogP contribution in [0.2, 0.25) is 0 Å². The Bertz CT molecular complexity index is 486. The minimum Gasteiger partial charge on any atom is -0.326 e. The Kier molecular flexibility index (Phi) is 6.16. The molecule has 1 heterocycles. The van der Waals surface area contributed by atoms with E-state index in [4.69, 9.17) is 0 Å². The number of benzene rings is 1. The molecule has 0 unspecified atom stereocenters. The lowest BCUT2D eigenvalue weighted by molar-refractivity contribution is -0.131. The summed E-state index contributed by atoms with van der Waals surface area (Å²) in [7, 11) is 0. The highest BCUT2D eigenvalue weighted by atomic mass is 32.2. The predicted octanol–water partition coefficient (Wildman–Crippen LogP) is 4.85. The van der Waals surface area contributed by atoms with Crippen LogP contribution in [-0.4, -0.2) is 23.1 Å². The van der Waals surface area contributed by atoms with Crippen LogP contribution in [0.1, 0.15) is 61.1 Å². The monoisotopic (exact) mass is 305 g/mol. The van der Waals surface area contributed by atoms with Crippen LogP contribution in [0.25, 0.3) is 0 Å². The Morgan fingerprint density at radius 1 is 1.29 bits per heavy atom. The highest BCUT2D eigenvalue weighted by molar-refractivity contribution is 7.99. The fourth-order valence-electron chi connectivity index (χ4n) is 2.93. The van der Waals surface area contributed by atoms with Crippen LogP contribution in [0.5, 0.6) is 0 Å². The molecule has 3 heteroatoms. The minimum absolute atomic E-state index is 0.226. The van der Waals surface area contributed by atoms with Gasteiger partial charge in [-0.2, -0.15) is 0 Å². The van der Waals surface area contributed by atoms with Crippen molar-refractivity contribution in [3.8, 4) is 0 Å². The molecule has 1 aromatic carbocycles. The van der Waals surface area contributed by atoms with Gasteiger partial charge in [0.2, 0.25) is 5.91 Å². The molecule has 1 atom stereocenters. The Balaban J connectivity index is 2.01. The van der Waals surface area contributed by atoms with Crippen LogP contribution in [-0.2, 0) is 4.79 Å². The number of amides is 1. The van der Waals surface area contributed by atoms with Gasteiger partial charge in [-0.05, 0) is 31.4 Å². The molecule has 116 valence electrons. The Morgan fingerprint density at radius 2 is 2.10 bits per heavy atom. The first-order valence-electron chi connectivity index (χ1n) is 8.11. The second kappa shape index (κ2) is 7.88. The topological polar surface area (TPSA) is 20.3 Å². The molecule has 0 spiro atoms. The minimum atomic E-state index is 0.226. The summed E-state index contributed by atoms with van der Waals surface area (Å²) in [5, 5.41) is 0.226. The van der Waals surface area contributed by atoms with Gasteiger partial charge in [0, 0.05) is 18.7 Å². The van der Waals surface area contributed by atoms with Crippen LogP contribution >= 0.6 is 11.8 Å². The molecular weight excluding hydrogens is 278 g/mol. The van der Waals surface area contributed by atoms with Crippen molar-refractivity contribution < 1.29 is 4.79 Å². The van der Waals surface area contributed by atoms with Crippen LogP contribution in [0.4, 0.5) is 0 Å². The van der Waals surface area contributed by atoms with Gasteiger partial charge in [-0.15, -0.1) is 11.8 Å². The highest BCUT2D eigenvalue weighted by Gasteiger charge is 2.30. The molecule has 0 saturated carbocycles. The van der Waals surface area contributed by atoms with E-state index in [1.165, 1.54) is 36.0 Å². The second-order valence-electron chi connectivity index (χ2n) is 5.98. The lowest BCUT2D eigenvalue weighted by Gasteiger charge is -2.25. The van der Waals surface area contributed by atoms with Crippen molar-refractivity contribution in [2.45, 2.75) is 58.2 Å². The summed E-state index contributed by atoms with van der Waals surface area (Å²) in [4.78, 5) is 14.6. The normalized spacial score (nSPS) is 18.2. The summed E-state index contributed by atoms with van der Waals surface area (Å²) in [5.41, 5.74) is 3.90. The standard InChI is InChI=1S/C18H27NOS/c1-4-5-6-7-8-17(20)19-11-12-21-18(19)16-10-9-14(2)13-15(16)3/h9-10,13,18H,4-8,11-12H2,1-3H3/t18-/m1/s1. The molecule has 0 N–H and O–H groups in total. The van der Waals surface area contributed by atoms with E-state index < -0.39 is 0 Å². The number of thioether (sulfide) groups is 1. The van der Waals surface area contributed by atoms with Crippen LogP contribution in [0.15, 0.2) is 18.2 Å². The van der Waals surface area contributed by atoms with Gasteiger partial charge in [-0.3, -0.25) is 4.79 Å². The van der Waals surface area contributed by atoms with Gasteiger partial charge in [0.15, 0.2) is 0 Å². The van der Waals surface area contributed by atoms with Crippen molar-refractivity contribution in [3.63, 3.8) is 0 Å². The van der Waals surface area contributed by atoms with Crippen molar-refractivity contribution >= 4 is 17.7 Å². The fourth-order valence-corrected chi connectivity index (χ4v) is 4.30. The number of unbranched alkanes of at least 4 members (excludes halogenated alkanes) is 3. The molecule has 1 aliphatic rings. The van der Waals surface area contributed by atoms with E-state index in [-0.39, 0.29) is 5.37 Å². The van der Waals surface area contributed by atoms with Crippen LogP contribution in [0, 0.1) is 13.8 Å². The van der Waals surface area contributed by atoms with Crippen molar-refractivity contribution in [1.29, 1.82) is 0 Å². The summed E-state index contributed by atoms with van der Waals surface area (Å²) in [6.07, 6.45) is 5.38. The number of rotatable bonds is 6. The number of aryl methyl sites for hydroxylation is 2. The Labute approximate surface area is 133 Å². The number of carbonyl (C=O) groups excluding carboxylic acids is 1. The van der Waals surface area contributed by atoms with E-state index in [2.05, 4.69) is 43.9 Å². The average molecular weight is 305 g/mol. The van der Waals surface area contributed by atoms with Crippen molar-refractivity contribution in [2.24, 2.45) is 0 Å². The van der Waals surface area contributed by atoms with Gasteiger partial charge in [-0.1, -0.05) is 49.9 Å². The Morgan fingerprint density at radius 3 is 2.81 bits per heavy atom. The van der Waals surface area contributed by atoms with E-state index in [0.717, 1.165) is 18.7 Å². The van der Waals surface area contributed by atoms with Gasteiger partial charge in [0.1, 0.15) is 5.37 Å². The molecule has 0 radical (unpaired) electrons. The van der Waals surface area contributed by atoms with E-state index in [1.807, 2.05) is 11.8 Å². The number of carbonyl (C=O) groups is 1. The molecule has 1 saturated heterocycles. The molecule has 1 amide bonds. The number of hydrogen-bond acceptors (Lipinski definition) is 2. The highest BCUT2D eigenvalue weighted by Crippen LogP contribution is 2.39. The summed E-state index contributed by atoms with van der Waals surface area (Å²) in [6.45, 7) is 7.38. The maximum atomic E-state index is 12.5. The summed E-state index contributed by atoms with van der Waals surface area (Å²) in [5.74, 6) is 1.39. The first-order chi connectivity index (χ1) is 10.1. The average Bonchev–Trinajstić information content (AvgIpc) is 2.92. The largest absolute Gasteiger partial charge is 0.326 e. The Hall–Kier alpha value is -0.960. The zero-order valence-electron chi connectivity index (χ0n) is 13.5. The zero-order chi connectivity index (χ0) is 15.2. The lowest BCUT2D eigenvalue weighted by atomic mass is 10.0. The molecule has 1 aliphatic heterocycles. The molecule has 2 nitrogen and oxygen atoms in total. The van der Waals surface area contributed by atoms with E-state index in [0.29, 0.717) is 12.3 Å². The SMILES string of the molecule is CCCCCCC(=O)N1CCS[C@@H]1c1ccc(C)cc1C. The van der Waals surface area contributed by atoms with Gasteiger partial charge in [0.25, 0.3) is 0 Å². The molecular formula is C18H27NOS. The predicted molar refractivity (Wildman–Crippen MR) is 91.6 cm³/mol.